The third-order valence-electron chi connectivity index (χ3n) is 4.48. The van der Waals surface area contributed by atoms with Crippen LogP contribution in [0.4, 0.5) is 5.82 Å². The molecular weight excluding hydrogens is 354 g/mol. The van der Waals surface area contributed by atoms with Crippen molar-refractivity contribution in [1.29, 1.82) is 0 Å². The molecule has 0 fully saturated rings. The van der Waals surface area contributed by atoms with Gasteiger partial charge in [-0.2, -0.15) is 0 Å². The lowest BCUT2D eigenvalue weighted by molar-refractivity contribution is 0.354. The molecule has 0 atom stereocenters. The minimum Gasteiger partial charge on any atom is -0.493 e. The lowest BCUT2D eigenvalue weighted by Gasteiger charge is -2.22. The largest absolute Gasteiger partial charge is 0.493 e. The molecule has 0 aliphatic carbocycles. The highest BCUT2D eigenvalue weighted by molar-refractivity contribution is 5.79. The summed E-state index contributed by atoms with van der Waals surface area (Å²) < 4.78 is 10.7. The fourth-order valence-corrected chi connectivity index (χ4v) is 2.82. The van der Waals surface area contributed by atoms with E-state index in [1.165, 1.54) is 5.56 Å². The summed E-state index contributed by atoms with van der Waals surface area (Å²) in [5, 5.41) is 3.41. The molecule has 2 rings (SSSR count). The normalized spacial score (nSPS) is 11.1. The molecule has 152 valence electrons. The Hall–Kier alpha value is -2.96. The number of benzene rings is 1. The smallest absolute Gasteiger partial charge is 0.193 e. The Bertz CT molecular complexity index is 792. The first kappa shape index (κ1) is 21.3. The first-order valence-electron chi connectivity index (χ1n) is 9.23. The van der Waals surface area contributed by atoms with Crippen LogP contribution in [0.25, 0.3) is 0 Å². The van der Waals surface area contributed by atoms with Gasteiger partial charge in [0.1, 0.15) is 5.82 Å². The quantitative estimate of drug-likeness (QED) is 0.556. The molecule has 28 heavy (non-hydrogen) atoms. The number of hydrogen-bond donors (Lipinski definition) is 1. The van der Waals surface area contributed by atoms with Gasteiger partial charge in [0.05, 0.1) is 14.2 Å². The van der Waals surface area contributed by atoms with Crippen molar-refractivity contribution in [2.75, 3.05) is 53.9 Å². The number of hydrogen-bond acceptors (Lipinski definition) is 5. The molecule has 0 unspecified atom stereocenters. The summed E-state index contributed by atoms with van der Waals surface area (Å²) in [4.78, 5) is 12.9. The van der Waals surface area contributed by atoms with E-state index in [-0.39, 0.29) is 0 Å². The van der Waals surface area contributed by atoms with Gasteiger partial charge in [0, 0.05) is 47.5 Å². The van der Waals surface area contributed by atoms with Gasteiger partial charge in [-0.15, -0.1) is 0 Å². The molecule has 0 amide bonds. The van der Waals surface area contributed by atoms with Crippen molar-refractivity contribution in [3.8, 4) is 11.5 Å². The number of guanidine groups is 1. The molecule has 0 aliphatic rings. The second kappa shape index (κ2) is 10.4. The Balaban J connectivity index is 1.93. The van der Waals surface area contributed by atoms with Crippen molar-refractivity contribution in [3.63, 3.8) is 0 Å². The number of rotatable bonds is 8. The molecule has 7 heteroatoms. The van der Waals surface area contributed by atoms with E-state index in [2.05, 4.69) is 32.3 Å². The molecule has 0 spiro atoms. The van der Waals surface area contributed by atoms with Crippen LogP contribution in [0.1, 0.15) is 11.1 Å². The predicted molar refractivity (Wildman–Crippen MR) is 115 cm³/mol. The Kier molecular flexibility index (Phi) is 7.92. The van der Waals surface area contributed by atoms with E-state index in [1.54, 1.807) is 21.3 Å². The van der Waals surface area contributed by atoms with Crippen LogP contribution in [0, 0.1) is 0 Å². The number of ether oxygens (including phenoxy) is 2. The monoisotopic (exact) mass is 385 g/mol. The summed E-state index contributed by atoms with van der Waals surface area (Å²) in [7, 11) is 11.1. The maximum Gasteiger partial charge on any atom is 0.193 e. The minimum atomic E-state index is 0.691. The van der Waals surface area contributed by atoms with Gasteiger partial charge < -0.3 is 24.6 Å². The van der Waals surface area contributed by atoms with Crippen molar-refractivity contribution >= 4 is 11.8 Å². The molecule has 0 aliphatic heterocycles. The molecule has 1 N–H and O–H groups in total. The second-order valence-electron chi connectivity index (χ2n) is 6.68. The molecule has 1 aromatic heterocycles. The zero-order valence-electron chi connectivity index (χ0n) is 17.7. The molecule has 7 nitrogen and oxygen atoms in total. The number of likely N-dealkylation sites (N-methyl/N-ethyl adjacent to an activating group) is 1. The van der Waals surface area contributed by atoms with Crippen LogP contribution < -0.4 is 19.7 Å². The van der Waals surface area contributed by atoms with E-state index >= 15 is 0 Å². The van der Waals surface area contributed by atoms with Crippen LogP contribution in [-0.4, -0.2) is 64.8 Å². The molecule has 0 bridgehead atoms. The maximum absolute atomic E-state index is 5.38. The molecule has 0 saturated heterocycles. The van der Waals surface area contributed by atoms with Crippen molar-refractivity contribution in [1.82, 2.24) is 15.2 Å². The molecule has 0 radical (unpaired) electrons. The van der Waals surface area contributed by atoms with Crippen LogP contribution in [-0.2, 0) is 13.0 Å². The van der Waals surface area contributed by atoms with Gasteiger partial charge in [-0.05, 0) is 41.8 Å². The van der Waals surface area contributed by atoms with Gasteiger partial charge in [0.15, 0.2) is 17.5 Å². The molecule has 2 aromatic rings. The lowest BCUT2D eigenvalue weighted by atomic mass is 10.1. The highest BCUT2D eigenvalue weighted by Crippen LogP contribution is 2.27. The SMILES string of the molecule is CN=C(NCc1ccnc(N(C)C)c1)N(C)CCc1ccc(OC)c(OC)c1. The summed E-state index contributed by atoms with van der Waals surface area (Å²) in [5.74, 6) is 3.28. The summed E-state index contributed by atoms with van der Waals surface area (Å²) in [5.41, 5.74) is 2.35. The fraction of sp³-hybridized carbons (Fsp3) is 0.429. The highest BCUT2D eigenvalue weighted by Gasteiger charge is 2.09. The Morgan fingerprint density at radius 3 is 2.43 bits per heavy atom. The molecule has 1 aromatic carbocycles. The first-order valence-corrected chi connectivity index (χ1v) is 9.23. The van der Waals surface area contributed by atoms with E-state index < -0.39 is 0 Å². The van der Waals surface area contributed by atoms with Crippen LogP contribution in [0.3, 0.4) is 0 Å². The molecule has 1 heterocycles. The lowest BCUT2D eigenvalue weighted by Crippen LogP contribution is -2.39. The predicted octanol–water partition coefficient (Wildman–Crippen LogP) is 2.41. The summed E-state index contributed by atoms with van der Waals surface area (Å²) >= 11 is 0. The van der Waals surface area contributed by atoms with Crippen LogP contribution >= 0.6 is 0 Å². The van der Waals surface area contributed by atoms with Crippen molar-refractivity contribution in [2.45, 2.75) is 13.0 Å². The number of pyridine rings is 1. The molecular formula is C21H31N5O2. The van der Waals surface area contributed by atoms with E-state index in [9.17, 15) is 0 Å². The van der Waals surface area contributed by atoms with Crippen molar-refractivity contribution in [2.24, 2.45) is 4.99 Å². The van der Waals surface area contributed by atoms with Crippen molar-refractivity contribution in [3.05, 3.63) is 47.7 Å². The van der Waals surface area contributed by atoms with E-state index in [1.807, 2.05) is 50.4 Å². The number of methoxy groups -OCH3 is 2. The zero-order valence-corrected chi connectivity index (χ0v) is 17.7. The van der Waals surface area contributed by atoms with Gasteiger partial charge in [0.2, 0.25) is 0 Å². The van der Waals surface area contributed by atoms with Gasteiger partial charge in [-0.25, -0.2) is 4.98 Å². The fourth-order valence-electron chi connectivity index (χ4n) is 2.82. The summed E-state index contributed by atoms with van der Waals surface area (Å²) in [6.07, 6.45) is 2.70. The van der Waals surface area contributed by atoms with Crippen LogP contribution in [0.2, 0.25) is 0 Å². The standard InChI is InChI=1S/C21H31N5O2/c1-22-21(24-15-17-9-11-23-20(14-17)25(2)3)26(4)12-10-16-7-8-18(27-5)19(13-16)28-6/h7-9,11,13-14H,10,12,15H2,1-6H3,(H,22,24). The summed E-state index contributed by atoms with van der Waals surface area (Å²) in [6.45, 7) is 1.52. The van der Waals surface area contributed by atoms with Gasteiger partial charge >= 0.3 is 0 Å². The maximum atomic E-state index is 5.38. The summed E-state index contributed by atoms with van der Waals surface area (Å²) in [6, 6.07) is 10.1. The number of nitrogens with zero attached hydrogens (tertiary/aromatic N) is 4. The van der Waals surface area contributed by atoms with E-state index in [4.69, 9.17) is 9.47 Å². The number of anilines is 1. The average molecular weight is 386 g/mol. The van der Waals surface area contributed by atoms with E-state index in [0.29, 0.717) is 6.54 Å². The van der Waals surface area contributed by atoms with Gasteiger partial charge in [-0.3, -0.25) is 4.99 Å². The number of nitrogens with one attached hydrogen (secondary N) is 1. The minimum absolute atomic E-state index is 0.691. The van der Waals surface area contributed by atoms with E-state index in [0.717, 1.165) is 41.8 Å². The highest BCUT2D eigenvalue weighted by atomic mass is 16.5. The van der Waals surface area contributed by atoms with Gasteiger partial charge in [0.25, 0.3) is 0 Å². The third kappa shape index (κ3) is 5.77. The first-order chi connectivity index (χ1) is 13.5. The van der Waals surface area contributed by atoms with Crippen molar-refractivity contribution < 1.29 is 9.47 Å². The number of aliphatic imine (C=N–C) groups is 1. The molecule has 0 saturated carbocycles. The van der Waals surface area contributed by atoms with Crippen LogP contribution in [0.15, 0.2) is 41.5 Å². The Morgan fingerprint density at radius 2 is 1.79 bits per heavy atom. The van der Waals surface area contributed by atoms with Crippen LogP contribution in [0.5, 0.6) is 11.5 Å². The Morgan fingerprint density at radius 1 is 1.04 bits per heavy atom. The average Bonchev–Trinajstić information content (AvgIpc) is 2.72. The number of aromatic nitrogens is 1. The zero-order chi connectivity index (χ0) is 20.5. The third-order valence-corrected chi connectivity index (χ3v) is 4.48. The topological polar surface area (TPSA) is 62.2 Å². The van der Waals surface area contributed by atoms with Gasteiger partial charge in [-0.1, -0.05) is 6.07 Å². The second-order valence-corrected chi connectivity index (χ2v) is 6.68. The Labute approximate surface area is 168 Å².